The van der Waals surface area contributed by atoms with Gasteiger partial charge in [-0.25, -0.2) is 0 Å². The first kappa shape index (κ1) is 21.1. The van der Waals surface area contributed by atoms with Crippen molar-refractivity contribution in [2.75, 3.05) is 27.3 Å². The lowest BCUT2D eigenvalue weighted by molar-refractivity contribution is -0.150. The number of benzene rings is 2. The van der Waals surface area contributed by atoms with Gasteiger partial charge in [0.15, 0.2) is 0 Å². The average molecular weight is 408 g/mol. The molecule has 7 nitrogen and oxygen atoms in total. The highest BCUT2D eigenvalue weighted by Crippen LogP contribution is 2.29. The van der Waals surface area contributed by atoms with Crippen molar-refractivity contribution in [2.24, 2.45) is 0 Å². The highest BCUT2D eigenvalue weighted by Gasteiger charge is 2.19. The molecule has 0 spiro atoms. The molecule has 1 aromatic heterocycles. The lowest BCUT2D eigenvalue weighted by Crippen LogP contribution is -2.39. The van der Waals surface area contributed by atoms with Gasteiger partial charge in [-0.1, -0.05) is 24.3 Å². The minimum Gasteiger partial charge on any atom is -0.468 e. The molecule has 0 radical (unpaired) electrons. The smallest absolute Gasteiger partial charge is 0.325 e. The molecule has 3 rings (SSSR count). The summed E-state index contributed by atoms with van der Waals surface area (Å²) in [6.07, 6.45) is 3.01. The van der Waals surface area contributed by atoms with Crippen molar-refractivity contribution in [3.05, 3.63) is 54.1 Å². The Kier molecular flexibility index (Phi) is 6.51. The van der Waals surface area contributed by atoms with E-state index in [-0.39, 0.29) is 13.1 Å². The van der Waals surface area contributed by atoms with Gasteiger partial charge in [0.05, 0.1) is 14.2 Å². The van der Waals surface area contributed by atoms with Gasteiger partial charge in [0, 0.05) is 34.4 Å². The van der Waals surface area contributed by atoms with Crippen molar-refractivity contribution in [2.45, 2.75) is 13.5 Å². The highest BCUT2D eigenvalue weighted by molar-refractivity contribution is 6.08. The zero-order valence-corrected chi connectivity index (χ0v) is 17.3. The maximum atomic E-state index is 12.6. The van der Waals surface area contributed by atoms with Gasteiger partial charge < -0.3 is 18.9 Å². The molecule has 30 heavy (non-hydrogen) atoms. The van der Waals surface area contributed by atoms with E-state index in [0.717, 1.165) is 38.8 Å². The fourth-order valence-corrected chi connectivity index (χ4v) is 3.44. The summed E-state index contributed by atoms with van der Waals surface area (Å²) in [5, 5.41) is 2.25. The highest BCUT2D eigenvalue weighted by atomic mass is 16.5. The summed E-state index contributed by atoms with van der Waals surface area (Å²) >= 11 is 0. The molecule has 3 aromatic rings. The number of methoxy groups -OCH3 is 2. The zero-order chi connectivity index (χ0) is 21.7. The maximum Gasteiger partial charge on any atom is 0.325 e. The summed E-state index contributed by atoms with van der Waals surface area (Å²) in [5.74, 6) is -1.72. The first-order valence-corrected chi connectivity index (χ1v) is 9.60. The molecule has 0 N–H and O–H groups in total. The molecule has 0 fully saturated rings. The van der Waals surface area contributed by atoms with Crippen molar-refractivity contribution in [1.29, 1.82) is 0 Å². The fraction of sp³-hybridized carbons (Fsp3) is 0.261. The van der Waals surface area contributed by atoms with Gasteiger partial charge in [0.25, 0.3) is 0 Å². The minimum absolute atomic E-state index is 0.336. The SMILES string of the molecule is CCn1c2ccccc2c2cc(/C=C/C(=O)N(CC(=O)OC)CC(=O)OC)ccc21. The Labute approximate surface area is 174 Å². The molecule has 0 bridgehead atoms. The van der Waals surface area contributed by atoms with Crippen LogP contribution in [-0.4, -0.2) is 54.6 Å². The van der Waals surface area contributed by atoms with Crippen LogP contribution in [0.25, 0.3) is 27.9 Å². The molecule has 0 atom stereocenters. The average Bonchev–Trinajstić information content (AvgIpc) is 3.09. The summed E-state index contributed by atoms with van der Waals surface area (Å²) in [7, 11) is 2.45. The molecular weight excluding hydrogens is 384 g/mol. The van der Waals surface area contributed by atoms with Crippen molar-refractivity contribution < 1.29 is 23.9 Å². The fourth-order valence-electron chi connectivity index (χ4n) is 3.44. The monoisotopic (exact) mass is 408 g/mol. The van der Waals surface area contributed by atoms with Crippen LogP contribution in [0.2, 0.25) is 0 Å². The molecule has 0 aliphatic heterocycles. The van der Waals surface area contributed by atoms with Crippen molar-refractivity contribution in [1.82, 2.24) is 9.47 Å². The van der Waals surface area contributed by atoms with Crippen LogP contribution in [-0.2, 0) is 30.4 Å². The third kappa shape index (κ3) is 4.35. The van der Waals surface area contributed by atoms with Crippen molar-refractivity contribution in [3.8, 4) is 0 Å². The molecule has 0 aliphatic rings. The Balaban J connectivity index is 1.89. The second kappa shape index (κ2) is 9.26. The minimum atomic E-state index is -0.616. The second-order valence-corrected chi connectivity index (χ2v) is 6.72. The Morgan fingerprint density at radius 1 is 0.933 bits per heavy atom. The van der Waals surface area contributed by atoms with Crippen LogP contribution in [0, 0.1) is 0 Å². The third-order valence-corrected chi connectivity index (χ3v) is 4.94. The summed E-state index contributed by atoms with van der Waals surface area (Å²) in [6, 6.07) is 14.2. The number of carbonyl (C=O) groups is 3. The van der Waals surface area contributed by atoms with E-state index in [2.05, 4.69) is 33.1 Å². The van der Waals surface area contributed by atoms with Gasteiger partial charge in [-0.3, -0.25) is 14.4 Å². The van der Waals surface area contributed by atoms with E-state index in [0.29, 0.717) is 0 Å². The van der Waals surface area contributed by atoms with E-state index in [1.807, 2.05) is 30.3 Å². The number of rotatable bonds is 7. The summed E-state index contributed by atoms with van der Waals surface area (Å²) < 4.78 is 11.4. The normalized spacial score (nSPS) is 11.2. The Morgan fingerprint density at radius 3 is 2.20 bits per heavy atom. The number of aryl methyl sites for hydroxylation is 1. The number of carbonyl (C=O) groups excluding carboxylic acids is 3. The van der Waals surface area contributed by atoms with E-state index >= 15 is 0 Å². The number of ether oxygens (including phenoxy) is 2. The van der Waals surface area contributed by atoms with E-state index in [9.17, 15) is 14.4 Å². The number of nitrogens with zero attached hydrogens (tertiary/aromatic N) is 2. The summed E-state index contributed by atoms with van der Waals surface area (Å²) in [5.41, 5.74) is 3.13. The van der Waals surface area contributed by atoms with Crippen LogP contribution in [0.5, 0.6) is 0 Å². The number of amides is 1. The standard InChI is InChI=1S/C23H24N2O5/c1-4-25-19-8-6-5-7-17(19)18-13-16(9-11-20(18)25)10-12-21(26)24(14-22(27)29-2)15-23(28)30-3/h5-13H,4,14-15H2,1-3H3/b12-10+. The number of para-hydroxylation sites is 1. The maximum absolute atomic E-state index is 12.6. The number of hydrogen-bond acceptors (Lipinski definition) is 5. The molecule has 7 heteroatoms. The van der Waals surface area contributed by atoms with Crippen LogP contribution in [0.3, 0.4) is 0 Å². The quantitative estimate of drug-likeness (QED) is 0.444. The Hall–Kier alpha value is -3.61. The number of hydrogen-bond donors (Lipinski definition) is 0. The van der Waals surface area contributed by atoms with Crippen LogP contribution >= 0.6 is 0 Å². The third-order valence-electron chi connectivity index (χ3n) is 4.94. The largest absolute Gasteiger partial charge is 0.468 e. The topological polar surface area (TPSA) is 77.8 Å². The second-order valence-electron chi connectivity index (χ2n) is 6.72. The van der Waals surface area contributed by atoms with E-state index in [1.165, 1.54) is 20.3 Å². The zero-order valence-electron chi connectivity index (χ0n) is 17.3. The molecule has 1 amide bonds. The first-order chi connectivity index (χ1) is 14.5. The molecule has 0 unspecified atom stereocenters. The van der Waals surface area contributed by atoms with Gasteiger partial charge in [-0.15, -0.1) is 0 Å². The first-order valence-electron chi connectivity index (χ1n) is 9.60. The van der Waals surface area contributed by atoms with Crippen molar-refractivity contribution >= 4 is 45.7 Å². The summed E-state index contributed by atoms with van der Waals surface area (Å²) in [6.45, 7) is 2.29. The molecule has 0 saturated heterocycles. The van der Waals surface area contributed by atoms with Crippen LogP contribution in [0.15, 0.2) is 48.5 Å². The van der Waals surface area contributed by atoms with Gasteiger partial charge >= 0.3 is 11.9 Å². The molecule has 156 valence electrons. The Bertz CT molecular complexity index is 1110. The van der Waals surface area contributed by atoms with E-state index < -0.39 is 17.8 Å². The Morgan fingerprint density at radius 2 is 1.57 bits per heavy atom. The van der Waals surface area contributed by atoms with Crippen LogP contribution in [0.4, 0.5) is 0 Å². The van der Waals surface area contributed by atoms with Crippen LogP contribution < -0.4 is 0 Å². The van der Waals surface area contributed by atoms with Crippen molar-refractivity contribution in [3.63, 3.8) is 0 Å². The van der Waals surface area contributed by atoms with Gasteiger partial charge in [0.1, 0.15) is 13.1 Å². The van der Waals surface area contributed by atoms with Gasteiger partial charge in [0.2, 0.25) is 5.91 Å². The molecule has 0 saturated carbocycles. The molecule has 2 aromatic carbocycles. The lowest BCUT2D eigenvalue weighted by Gasteiger charge is -2.18. The summed E-state index contributed by atoms with van der Waals surface area (Å²) in [4.78, 5) is 36.8. The molecular formula is C23H24N2O5. The van der Waals surface area contributed by atoms with E-state index in [1.54, 1.807) is 6.08 Å². The van der Waals surface area contributed by atoms with Crippen LogP contribution in [0.1, 0.15) is 12.5 Å². The van der Waals surface area contributed by atoms with Gasteiger partial charge in [-0.05, 0) is 36.8 Å². The lowest BCUT2D eigenvalue weighted by atomic mass is 10.1. The predicted molar refractivity (Wildman–Crippen MR) is 115 cm³/mol. The van der Waals surface area contributed by atoms with E-state index in [4.69, 9.17) is 0 Å². The molecule has 0 aliphatic carbocycles. The van der Waals surface area contributed by atoms with Gasteiger partial charge in [-0.2, -0.15) is 0 Å². The number of aromatic nitrogens is 1. The molecule has 1 heterocycles. The number of esters is 2. The predicted octanol–water partition coefficient (Wildman–Crippen LogP) is 3.00. The number of fused-ring (bicyclic) bond motifs is 3.